The van der Waals surface area contributed by atoms with Gasteiger partial charge in [0.1, 0.15) is 12.3 Å². The van der Waals surface area contributed by atoms with Crippen molar-refractivity contribution in [3.8, 4) is 5.75 Å². The molecule has 1 amide bonds. The fraction of sp³-hybridized carbons (Fsp3) is 0.304. The Bertz CT molecular complexity index is 1020. The van der Waals surface area contributed by atoms with E-state index in [0.717, 1.165) is 40.4 Å². The molecule has 5 heteroatoms. The number of nitrogens with zero attached hydrogens (tertiary/aromatic N) is 2. The van der Waals surface area contributed by atoms with Crippen molar-refractivity contribution in [3.63, 3.8) is 0 Å². The Labute approximate surface area is 165 Å². The van der Waals surface area contributed by atoms with Crippen LogP contribution in [0.1, 0.15) is 32.0 Å². The number of nitrogens with one attached hydrogen (secondary N) is 1. The Morgan fingerprint density at radius 1 is 1.25 bits per heavy atom. The molecule has 0 spiro atoms. The second-order valence-corrected chi connectivity index (χ2v) is 7.40. The van der Waals surface area contributed by atoms with Gasteiger partial charge in [0, 0.05) is 18.7 Å². The third-order valence-electron chi connectivity index (χ3n) is 5.15. The third kappa shape index (κ3) is 3.40. The second-order valence-electron chi connectivity index (χ2n) is 7.40. The van der Waals surface area contributed by atoms with E-state index in [1.165, 1.54) is 0 Å². The lowest BCUT2D eigenvalue weighted by molar-refractivity contribution is -0.671. The molecule has 2 aromatic carbocycles. The Morgan fingerprint density at radius 3 is 2.71 bits per heavy atom. The minimum atomic E-state index is 0.116. The molecule has 3 aromatic rings. The number of ether oxygens (including phenoxy) is 1. The van der Waals surface area contributed by atoms with Crippen LogP contribution >= 0.6 is 0 Å². The van der Waals surface area contributed by atoms with Crippen LogP contribution in [0.2, 0.25) is 0 Å². The van der Waals surface area contributed by atoms with Gasteiger partial charge in [-0.25, -0.2) is 9.55 Å². The Kier molecular flexibility index (Phi) is 4.90. The van der Waals surface area contributed by atoms with Gasteiger partial charge in [0.05, 0.1) is 12.5 Å². The molecule has 1 atom stereocenters. The molecule has 0 saturated carbocycles. The summed E-state index contributed by atoms with van der Waals surface area (Å²) in [6, 6.07) is 16.0. The molecule has 1 saturated heterocycles. The standard InChI is InChI=1S/C23H25N3O2/c1-4-28-19-11-9-18(10-12-19)25-15-17(13-22(25)27)23-24-20-7-5-6-8-21(20)26(23)14-16(2)3/h5-12,17H,2,4,13-15H2,1,3H3/p+1. The van der Waals surface area contributed by atoms with E-state index < -0.39 is 0 Å². The quantitative estimate of drug-likeness (QED) is 0.523. The highest BCUT2D eigenvalue weighted by atomic mass is 16.5. The summed E-state index contributed by atoms with van der Waals surface area (Å²) in [5, 5.41) is 0. The average Bonchev–Trinajstić information content (AvgIpc) is 3.23. The van der Waals surface area contributed by atoms with Crippen molar-refractivity contribution >= 4 is 22.6 Å². The van der Waals surface area contributed by atoms with E-state index in [1.54, 1.807) is 0 Å². The van der Waals surface area contributed by atoms with Gasteiger partial charge in [-0.3, -0.25) is 4.79 Å². The zero-order valence-corrected chi connectivity index (χ0v) is 16.4. The van der Waals surface area contributed by atoms with Crippen molar-refractivity contribution in [2.24, 2.45) is 0 Å². The summed E-state index contributed by atoms with van der Waals surface area (Å²) >= 11 is 0. The van der Waals surface area contributed by atoms with Crippen LogP contribution < -0.4 is 14.2 Å². The van der Waals surface area contributed by atoms with Crippen LogP contribution in [0.5, 0.6) is 5.75 Å². The summed E-state index contributed by atoms with van der Waals surface area (Å²) in [7, 11) is 0. The van der Waals surface area contributed by atoms with E-state index in [-0.39, 0.29) is 11.8 Å². The van der Waals surface area contributed by atoms with E-state index in [2.05, 4.69) is 28.3 Å². The fourth-order valence-corrected chi connectivity index (χ4v) is 3.94. The van der Waals surface area contributed by atoms with Gasteiger partial charge in [-0.15, -0.1) is 0 Å². The van der Waals surface area contributed by atoms with Crippen molar-refractivity contribution in [1.82, 2.24) is 4.98 Å². The number of benzene rings is 2. The third-order valence-corrected chi connectivity index (χ3v) is 5.15. The summed E-state index contributed by atoms with van der Waals surface area (Å²) in [4.78, 5) is 18.2. The van der Waals surface area contributed by atoms with Crippen LogP contribution in [-0.4, -0.2) is 24.0 Å². The summed E-state index contributed by atoms with van der Waals surface area (Å²) < 4.78 is 7.77. The maximum atomic E-state index is 12.8. The lowest BCUT2D eigenvalue weighted by Crippen LogP contribution is -2.39. The predicted octanol–water partition coefficient (Wildman–Crippen LogP) is 3.95. The minimum Gasteiger partial charge on any atom is -0.494 e. The lowest BCUT2D eigenvalue weighted by atomic mass is 10.1. The van der Waals surface area contributed by atoms with Gasteiger partial charge < -0.3 is 9.64 Å². The number of carbonyl (C=O) groups excluding carboxylic acids is 1. The van der Waals surface area contributed by atoms with Gasteiger partial charge in [0.15, 0.2) is 11.0 Å². The number of rotatable bonds is 6. The number of carbonyl (C=O) groups is 1. The topological polar surface area (TPSA) is 49.2 Å². The predicted molar refractivity (Wildman–Crippen MR) is 111 cm³/mol. The number of imidazole rings is 1. The SMILES string of the molecule is C=C(C)C[n+]1c(C2CC(=O)N(c3ccc(OCC)cc3)C2)[nH]c2ccccc21. The summed E-state index contributed by atoms with van der Waals surface area (Å²) in [6.45, 7) is 10.1. The van der Waals surface area contributed by atoms with E-state index >= 15 is 0 Å². The summed E-state index contributed by atoms with van der Waals surface area (Å²) in [6.07, 6.45) is 0.496. The molecule has 144 valence electrons. The molecule has 5 nitrogen and oxygen atoms in total. The molecule has 28 heavy (non-hydrogen) atoms. The number of fused-ring (bicyclic) bond motifs is 1. The van der Waals surface area contributed by atoms with Crippen molar-refractivity contribution in [3.05, 3.63) is 66.5 Å². The highest BCUT2D eigenvalue weighted by Gasteiger charge is 2.38. The molecule has 1 N–H and O–H groups in total. The Balaban J connectivity index is 1.64. The largest absolute Gasteiger partial charge is 0.494 e. The van der Waals surface area contributed by atoms with Crippen molar-refractivity contribution < 1.29 is 14.1 Å². The minimum absolute atomic E-state index is 0.116. The van der Waals surface area contributed by atoms with Crippen molar-refractivity contribution in [1.29, 1.82) is 0 Å². The molecule has 1 aliphatic heterocycles. The zero-order valence-electron chi connectivity index (χ0n) is 16.4. The summed E-state index contributed by atoms with van der Waals surface area (Å²) in [5.41, 5.74) is 4.24. The molecule has 1 unspecified atom stereocenters. The van der Waals surface area contributed by atoms with Crippen LogP contribution in [0.3, 0.4) is 0 Å². The Hall–Kier alpha value is -3.08. The van der Waals surface area contributed by atoms with Crippen LogP contribution in [0.25, 0.3) is 11.0 Å². The Morgan fingerprint density at radius 2 is 2.00 bits per heavy atom. The summed E-state index contributed by atoms with van der Waals surface area (Å²) in [5.74, 6) is 2.18. The smallest absolute Gasteiger partial charge is 0.260 e. The molecule has 0 aliphatic carbocycles. The first kappa shape index (κ1) is 18.3. The van der Waals surface area contributed by atoms with Crippen LogP contribution in [0, 0.1) is 0 Å². The lowest BCUT2D eigenvalue weighted by Gasteiger charge is -2.16. The van der Waals surface area contributed by atoms with Gasteiger partial charge in [0.25, 0.3) is 5.82 Å². The zero-order chi connectivity index (χ0) is 19.7. The molecule has 1 aliphatic rings. The van der Waals surface area contributed by atoms with Gasteiger partial charge in [-0.2, -0.15) is 0 Å². The number of para-hydroxylation sites is 2. The highest BCUT2D eigenvalue weighted by Crippen LogP contribution is 2.31. The van der Waals surface area contributed by atoms with Crippen molar-refractivity contribution in [2.45, 2.75) is 32.7 Å². The molecule has 0 radical (unpaired) electrons. The van der Waals surface area contributed by atoms with Gasteiger partial charge in [-0.1, -0.05) is 18.7 Å². The van der Waals surface area contributed by atoms with Gasteiger partial charge >= 0.3 is 0 Å². The number of H-pyrrole nitrogens is 1. The van der Waals surface area contributed by atoms with E-state index in [0.29, 0.717) is 19.6 Å². The van der Waals surface area contributed by atoms with Gasteiger partial charge in [-0.05, 0) is 55.8 Å². The number of hydrogen-bond acceptors (Lipinski definition) is 2. The number of aromatic amines is 1. The number of hydrogen-bond donors (Lipinski definition) is 1. The number of amides is 1. The fourth-order valence-electron chi connectivity index (χ4n) is 3.94. The maximum absolute atomic E-state index is 12.8. The first-order valence-corrected chi connectivity index (χ1v) is 9.75. The molecule has 2 heterocycles. The van der Waals surface area contributed by atoms with Gasteiger partial charge in [0.2, 0.25) is 5.91 Å². The molecule has 0 bridgehead atoms. The first-order valence-electron chi connectivity index (χ1n) is 9.75. The monoisotopic (exact) mass is 376 g/mol. The molecule has 1 fully saturated rings. The average molecular weight is 376 g/mol. The molecule has 1 aromatic heterocycles. The number of allylic oxidation sites excluding steroid dienone is 1. The first-order chi connectivity index (χ1) is 13.6. The highest BCUT2D eigenvalue weighted by molar-refractivity contribution is 5.96. The van der Waals surface area contributed by atoms with E-state index in [1.807, 2.05) is 55.1 Å². The van der Waals surface area contributed by atoms with E-state index in [4.69, 9.17) is 4.74 Å². The van der Waals surface area contributed by atoms with E-state index in [9.17, 15) is 4.79 Å². The maximum Gasteiger partial charge on any atom is 0.260 e. The molecule has 4 rings (SSSR count). The number of anilines is 1. The van der Waals surface area contributed by atoms with Crippen molar-refractivity contribution in [2.75, 3.05) is 18.1 Å². The second kappa shape index (κ2) is 7.50. The normalized spacial score (nSPS) is 16.7. The number of aromatic nitrogens is 2. The molecular weight excluding hydrogens is 350 g/mol. The van der Waals surface area contributed by atoms with Crippen LogP contribution in [-0.2, 0) is 11.3 Å². The molecular formula is C23H26N3O2+. The van der Waals surface area contributed by atoms with Crippen LogP contribution in [0.15, 0.2) is 60.7 Å². The van der Waals surface area contributed by atoms with Crippen LogP contribution in [0.4, 0.5) is 5.69 Å².